The van der Waals surface area contributed by atoms with E-state index >= 15 is 0 Å². The summed E-state index contributed by atoms with van der Waals surface area (Å²) < 4.78 is 5.05. The Morgan fingerprint density at radius 2 is 2.38 bits per heavy atom. The lowest BCUT2D eigenvalue weighted by atomic mass is 10.2. The minimum Gasteiger partial charge on any atom is -0.469 e. The van der Waals surface area contributed by atoms with E-state index < -0.39 is 0 Å². The summed E-state index contributed by atoms with van der Waals surface area (Å²) in [5, 5.41) is 11.4. The summed E-state index contributed by atoms with van der Waals surface area (Å²) in [5.74, 6) is 2.35. The molecule has 0 bridgehead atoms. The van der Waals surface area contributed by atoms with E-state index in [9.17, 15) is 4.79 Å². The van der Waals surface area contributed by atoms with E-state index in [0.29, 0.717) is 17.9 Å². The van der Waals surface area contributed by atoms with E-state index in [1.54, 1.807) is 24.8 Å². The molecule has 0 aliphatic rings. The predicted molar refractivity (Wildman–Crippen MR) is 64.8 cm³/mol. The minimum atomic E-state index is -0.0889. The first kappa shape index (κ1) is 13.1. The Labute approximate surface area is 99.4 Å². The Kier molecular flexibility index (Phi) is 6.03. The summed E-state index contributed by atoms with van der Waals surface area (Å²) in [6.07, 6.45) is 2.32. The zero-order valence-corrected chi connectivity index (χ0v) is 10.2. The van der Waals surface area contributed by atoms with Crippen LogP contribution in [-0.2, 0) is 0 Å². The van der Waals surface area contributed by atoms with Crippen molar-refractivity contribution in [1.29, 1.82) is 0 Å². The number of amides is 1. The third-order valence-corrected chi connectivity index (χ3v) is 3.15. The van der Waals surface area contributed by atoms with Crippen LogP contribution in [0.4, 0.5) is 0 Å². The van der Waals surface area contributed by atoms with Gasteiger partial charge in [0.1, 0.15) is 5.76 Å². The molecule has 0 aliphatic carbocycles. The van der Waals surface area contributed by atoms with Gasteiger partial charge < -0.3 is 14.8 Å². The fourth-order valence-electron chi connectivity index (χ4n) is 1.22. The SMILES string of the molecule is Cc1occc1C(=O)NCCSCCCO. The molecule has 0 aromatic carbocycles. The highest BCUT2D eigenvalue weighted by molar-refractivity contribution is 7.99. The fourth-order valence-corrected chi connectivity index (χ4v) is 2.00. The Morgan fingerprint density at radius 3 is 3.00 bits per heavy atom. The molecular formula is C11H17NO3S. The van der Waals surface area contributed by atoms with E-state index in [0.717, 1.165) is 17.9 Å². The number of aliphatic hydroxyl groups excluding tert-OH is 1. The molecule has 4 nitrogen and oxygen atoms in total. The number of rotatable bonds is 7. The molecule has 90 valence electrons. The van der Waals surface area contributed by atoms with Crippen molar-refractivity contribution in [2.24, 2.45) is 0 Å². The monoisotopic (exact) mass is 243 g/mol. The maximum atomic E-state index is 11.6. The maximum absolute atomic E-state index is 11.6. The molecular weight excluding hydrogens is 226 g/mol. The number of nitrogens with one attached hydrogen (secondary N) is 1. The van der Waals surface area contributed by atoms with Crippen molar-refractivity contribution < 1.29 is 14.3 Å². The molecule has 1 aromatic rings. The summed E-state index contributed by atoms with van der Waals surface area (Å²) >= 11 is 1.72. The number of aryl methyl sites for hydroxylation is 1. The average Bonchev–Trinajstić information content (AvgIpc) is 2.69. The highest BCUT2D eigenvalue weighted by atomic mass is 32.2. The molecule has 1 amide bonds. The van der Waals surface area contributed by atoms with Crippen LogP contribution >= 0.6 is 11.8 Å². The lowest BCUT2D eigenvalue weighted by molar-refractivity contribution is 0.0954. The van der Waals surface area contributed by atoms with Gasteiger partial charge in [-0.2, -0.15) is 11.8 Å². The zero-order valence-electron chi connectivity index (χ0n) is 9.36. The van der Waals surface area contributed by atoms with Crippen molar-refractivity contribution >= 4 is 17.7 Å². The number of hydrogen-bond acceptors (Lipinski definition) is 4. The van der Waals surface area contributed by atoms with Gasteiger partial charge in [-0.1, -0.05) is 0 Å². The Morgan fingerprint density at radius 1 is 1.56 bits per heavy atom. The van der Waals surface area contributed by atoms with Crippen LogP contribution in [0.2, 0.25) is 0 Å². The lowest BCUT2D eigenvalue weighted by Crippen LogP contribution is -2.25. The maximum Gasteiger partial charge on any atom is 0.254 e. The number of thioether (sulfide) groups is 1. The lowest BCUT2D eigenvalue weighted by Gasteiger charge is -2.03. The average molecular weight is 243 g/mol. The molecule has 2 N–H and O–H groups in total. The highest BCUT2D eigenvalue weighted by Crippen LogP contribution is 2.08. The first-order valence-corrected chi connectivity index (χ1v) is 6.42. The topological polar surface area (TPSA) is 62.5 Å². The second kappa shape index (κ2) is 7.35. The van der Waals surface area contributed by atoms with Crippen LogP contribution < -0.4 is 5.32 Å². The summed E-state index contributed by atoms with van der Waals surface area (Å²) in [7, 11) is 0. The summed E-state index contributed by atoms with van der Waals surface area (Å²) in [4.78, 5) is 11.6. The quantitative estimate of drug-likeness (QED) is 0.711. The molecule has 0 saturated carbocycles. The first-order chi connectivity index (χ1) is 7.75. The molecule has 5 heteroatoms. The van der Waals surface area contributed by atoms with Crippen molar-refractivity contribution in [3.8, 4) is 0 Å². The summed E-state index contributed by atoms with van der Waals surface area (Å²) in [6.45, 7) is 2.64. The van der Waals surface area contributed by atoms with Crippen LogP contribution in [0.5, 0.6) is 0 Å². The highest BCUT2D eigenvalue weighted by Gasteiger charge is 2.09. The normalized spacial score (nSPS) is 10.4. The Balaban J connectivity index is 2.14. The summed E-state index contributed by atoms with van der Waals surface area (Å²) in [6, 6.07) is 1.67. The molecule has 1 aromatic heterocycles. The second-order valence-electron chi connectivity index (χ2n) is 3.34. The van der Waals surface area contributed by atoms with E-state index in [-0.39, 0.29) is 12.5 Å². The van der Waals surface area contributed by atoms with Gasteiger partial charge in [0.2, 0.25) is 0 Å². The van der Waals surface area contributed by atoms with Gasteiger partial charge in [-0.25, -0.2) is 0 Å². The standard InChI is InChI=1S/C11H17NO3S/c1-9-10(3-6-15-9)11(14)12-4-8-16-7-2-5-13/h3,6,13H,2,4-5,7-8H2,1H3,(H,12,14). The zero-order chi connectivity index (χ0) is 11.8. The van der Waals surface area contributed by atoms with Gasteiger partial charge in [-0.15, -0.1) is 0 Å². The fraction of sp³-hybridized carbons (Fsp3) is 0.545. The molecule has 0 unspecified atom stereocenters. The molecule has 0 spiro atoms. The van der Waals surface area contributed by atoms with Gasteiger partial charge in [0.15, 0.2) is 0 Å². The smallest absolute Gasteiger partial charge is 0.254 e. The van der Waals surface area contributed by atoms with Crippen LogP contribution in [0.1, 0.15) is 22.5 Å². The largest absolute Gasteiger partial charge is 0.469 e. The van der Waals surface area contributed by atoms with Gasteiger partial charge in [-0.05, 0) is 25.2 Å². The minimum absolute atomic E-state index is 0.0889. The van der Waals surface area contributed by atoms with Gasteiger partial charge in [-0.3, -0.25) is 4.79 Å². The van der Waals surface area contributed by atoms with Crippen LogP contribution in [0.25, 0.3) is 0 Å². The molecule has 16 heavy (non-hydrogen) atoms. The molecule has 1 rings (SSSR count). The van der Waals surface area contributed by atoms with Crippen molar-refractivity contribution in [1.82, 2.24) is 5.32 Å². The van der Waals surface area contributed by atoms with E-state index in [2.05, 4.69) is 5.32 Å². The number of carbonyl (C=O) groups excluding carboxylic acids is 1. The molecule has 0 saturated heterocycles. The number of furan rings is 1. The van der Waals surface area contributed by atoms with Gasteiger partial charge >= 0.3 is 0 Å². The molecule has 0 fully saturated rings. The third kappa shape index (κ3) is 4.28. The number of carbonyl (C=O) groups is 1. The van der Waals surface area contributed by atoms with Crippen molar-refractivity contribution in [3.05, 3.63) is 23.7 Å². The first-order valence-electron chi connectivity index (χ1n) is 5.26. The van der Waals surface area contributed by atoms with Crippen LogP contribution in [0.15, 0.2) is 16.7 Å². The van der Waals surface area contributed by atoms with Crippen molar-refractivity contribution in [2.75, 3.05) is 24.7 Å². The van der Waals surface area contributed by atoms with Crippen LogP contribution in [0.3, 0.4) is 0 Å². The van der Waals surface area contributed by atoms with Gasteiger partial charge in [0, 0.05) is 18.9 Å². The second-order valence-corrected chi connectivity index (χ2v) is 4.56. The van der Waals surface area contributed by atoms with Crippen molar-refractivity contribution in [3.63, 3.8) is 0 Å². The van der Waals surface area contributed by atoms with Crippen molar-refractivity contribution in [2.45, 2.75) is 13.3 Å². The van der Waals surface area contributed by atoms with E-state index in [1.807, 2.05) is 0 Å². The number of aliphatic hydroxyl groups is 1. The van der Waals surface area contributed by atoms with E-state index in [1.165, 1.54) is 6.26 Å². The Bertz CT molecular complexity index is 325. The third-order valence-electron chi connectivity index (χ3n) is 2.08. The van der Waals surface area contributed by atoms with Gasteiger partial charge in [0.05, 0.1) is 11.8 Å². The molecule has 0 aliphatic heterocycles. The van der Waals surface area contributed by atoms with Crippen LogP contribution in [-0.4, -0.2) is 35.7 Å². The van der Waals surface area contributed by atoms with Crippen LogP contribution in [0, 0.1) is 6.92 Å². The Hall–Kier alpha value is -0.940. The molecule has 0 atom stereocenters. The number of hydrogen-bond donors (Lipinski definition) is 2. The molecule has 0 radical (unpaired) electrons. The van der Waals surface area contributed by atoms with Gasteiger partial charge in [0.25, 0.3) is 5.91 Å². The predicted octanol–water partition coefficient (Wildman–Crippen LogP) is 1.43. The van der Waals surface area contributed by atoms with E-state index in [4.69, 9.17) is 9.52 Å². The summed E-state index contributed by atoms with van der Waals surface area (Å²) in [5.41, 5.74) is 0.598. The molecule has 1 heterocycles.